The highest BCUT2D eigenvalue weighted by molar-refractivity contribution is 5.17. The van der Waals surface area contributed by atoms with E-state index in [4.69, 9.17) is 9.47 Å². The van der Waals surface area contributed by atoms with Gasteiger partial charge in [-0.2, -0.15) is 0 Å². The topological polar surface area (TPSA) is 34.6 Å². The third kappa shape index (κ3) is 3.60. The van der Waals surface area contributed by atoms with Crippen LogP contribution in [0.25, 0.3) is 0 Å². The Kier molecular flexibility index (Phi) is 4.76. The van der Waals surface area contributed by atoms with Crippen molar-refractivity contribution >= 4 is 0 Å². The predicted octanol–water partition coefficient (Wildman–Crippen LogP) is 2.65. The minimum Gasteiger partial charge on any atom is -0.493 e. The molecule has 24 heavy (non-hydrogen) atoms. The molecule has 3 atom stereocenters. The number of hydrogen-bond acceptors (Lipinski definition) is 4. The molecule has 126 valence electrons. The first-order valence-electron chi connectivity index (χ1n) is 8.79. The molecule has 0 spiro atoms. The van der Waals surface area contributed by atoms with E-state index in [-0.39, 0.29) is 0 Å². The molecular weight excluding hydrogens is 300 g/mol. The summed E-state index contributed by atoms with van der Waals surface area (Å²) in [6.07, 6.45) is 5.03. The normalized spacial score (nSPS) is 26.4. The van der Waals surface area contributed by atoms with E-state index in [9.17, 15) is 0 Å². The van der Waals surface area contributed by atoms with Gasteiger partial charge in [0.2, 0.25) is 0 Å². The van der Waals surface area contributed by atoms with E-state index in [1.807, 2.05) is 12.1 Å². The lowest BCUT2D eigenvalue weighted by molar-refractivity contribution is 0.0910. The molecular formula is C20H24N2O2. The molecule has 0 N–H and O–H groups in total. The number of fused-ring (bicyclic) bond motifs is 1. The van der Waals surface area contributed by atoms with Crippen LogP contribution in [0.15, 0.2) is 54.9 Å². The largest absolute Gasteiger partial charge is 0.493 e. The number of nitrogens with zero attached hydrogens (tertiary/aromatic N) is 2. The second-order valence-electron chi connectivity index (χ2n) is 6.78. The van der Waals surface area contributed by atoms with Crippen molar-refractivity contribution in [2.24, 2.45) is 11.8 Å². The van der Waals surface area contributed by atoms with Crippen molar-refractivity contribution in [1.82, 2.24) is 9.88 Å². The standard InChI is InChI=1S/C20H24N2O2/c1-2-4-16(5-3-1)8-11-22-12-19-17(15-24-20(19)13-22)14-23-18-6-9-21-10-7-18/h1-7,9-10,17,19-20H,8,11-15H2/t17-,19-,20-/m1/s1. The lowest BCUT2D eigenvalue weighted by atomic mass is 9.94. The molecule has 4 rings (SSSR count). The van der Waals surface area contributed by atoms with Gasteiger partial charge in [0, 0.05) is 43.9 Å². The maximum atomic E-state index is 6.03. The van der Waals surface area contributed by atoms with E-state index in [2.05, 4.69) is 40.2 Å². The summed E-state index contributed by atoms with van der Waals surface area (Å²) in [4.78, 5) is 6.56. The number of likely N-dealkylation sites (tertiary alicyclic amines) is 1. The van der Waals surface area contributed by atoms with Gasteiger partial charge in [0.25, 0.3) is 0 Å². The molecule has 3 heterocycles. The minimum atomic E-state index is 0.381. The average molecular weight is 324 g/mol. The zero-order chi connectivity index (χ0) is 16.2. The fourth-order valence-electron chi connectivity index (χ4n) is 3.80. The summed E-state index contributed by atoms with van der Waals surface area (Å²) in [6.45, 7) is 4.86. The van der Waals surface area contributed by atoms with Crippen LogP contribution in [0.3, 0.4) is 0 Å². The van der Waals surface area contributed by atoms with Crippen molar-refractivity contribution in [3.05, 3.63) is 60.4 Å². The summed E-state index contributed by atoms with van der Waals surface area (Å²) in [7, 11) is 0. The van der Waals surface area contributed by atoms with Crippen LogP contribution < -0.4 is 4.74 Å². The molecule has 0 unspecified atom stereocenters. The van der Waals surface area contributed by atoms with Gasteiger partial charge in [-0.25, -0.2) is 0 Å². The van der Waals surface area contributed by atoms with E-state index in [1.54, 1.807) is 12.4 Å². The second kappa shape index (κ2) is 7.32. The number of rotatable bonds is 6. The molecule has 0 bridgehead atoms. The summed E-state index contributed by atoms with van der Waals surface area (Å²) in [5, 5.41) is 0. The van der Waals surface area contributed by atoms with E-state index in [0.29, 0.717) is 17.9 Å². The first-order chi connectivity index (χ1) is 11.9. The number of ether oxygens (including phenoxy) is 2. The Bertz CT molecular complexity index is 635. The first-order valence-corrected chi connectivity index (χ1v) is 8.79. The molecule has 4 heteroatoms. The van der Waals surface area contributed by atoms with Gasteiger partial charge < -0.3 is 14.4 Å². The molecule has 4 nitrogen and oxygen atoms in total. The maximum Gasteiger partial charge on any atom is 0.122 e. The average Bonchev–Trinajstić information content (AvgIpc) is 3.20. The molecule has 2 saturated heterocycles. The summed E-state index contributed by atoms with van der Waals surface area (Å²) >= 11 is 0. The van der Waals surface area contributed by atoms with E-state index < -0.39 is 0 Å². The number of hydrogen-bond donors (Lipinski definition) is 0. The number of benzene rings is 1. The molecule has 0 saturated carbocycles. The Balaban J connectivity index is 1.27. The van der Waals surface area contributed by atoms with Gasteiger partial charge in [0.15, 0.2) is 0 Å². The molecule has 2 aliphatic rings. The van der Waals surface area contributed by atoms with Crippen molar-refractivity contribution in [3.8, 4) is 5.75 Å². The molecule has 0 radical (unpaired) electrons. The fraction of sp³-hybridized carbons (Fsp3) is 0.450. The van der Waals surface area contributed by atoms with Gasteiger partial charge in [-0.3, -0.25) is 4.98 Å². The fourth-order valence-corrected chi connectivity index (χ4v) is 3.80. The Hall–Kier alpha value is -1.91. The lowest BCUT2D eigenvalue weighted by Crippen LogP contribution is -2.28. The quantitative estimate of drug-likeness (QED) is 0.818. The van der Waals surface area contributed by atoms with Crippen LogP contribution in [0.2, 0.25) is 0 Å². The molecule has 1 aromatic carbocycles. The summed E-state index contributed by atoms with van der Waals surface area (Å²) < 4.78 is 12.0. The van der Waals surface area contributed by atoms with Crippen molar-refractivity contribution in [2.75, 3.05) is 32.8 Å². The molecule has 2 aromatic rings. The van der Waals surface area contributed by atoms with Crippen LogP contribution >= 0.6 is 0 Å². The van der Waals surface area contributed by atoms with Crippen LogP contribution in [0.5, 0.6) is 5.75 Å². The molecule has 0 aliphatic carbocycles. The summed E-state index contributed by atoms with van der Waals surface area (Å²) in [5.41, 5.74) is 1.41. The van der Waals surface area contributed by atoms with Gasteiger partial charge in [-0.1, -0.05) is 30.3 Å². The SMILES string of the molecule is c1ccc(CCN2C[C@@H]3[C@H](COc4ccncc4)CO[C@@H]3C2)cc1. The number of pyridine rings is 1. The van der Waals surface area contributed by atoms with Crippen LogP contribution in [0, 0.1) is 11.8 Å². The van der Waals surface area contributed by atoms with Crippen molar-refractivity contribution in [3.63, 3.8) is 0 Å². The van der Waals surface area contributed by atoms with Crippen molar-refractivity contribution in [1.29, 1.82) is 0 Å². The monoisotopic (exact) mass is 324 g/mol. The van der Waals surface area contributed by atoms with Gasteiger partial charge in [-0.05, 0) is 24.1 Å². The highest BCUT2D eigenvalue weighted by Gasteiger charge is 2.43. The predicted molar refractivity (Wildman–Crippen MR) is 93.0 cm³/mol. The van der Waals surface area contributed by atoms with Crippen molar-refractivity contribution < 1.29 is 9.47 Å². The highest BCUT2D eigenvalue weighted by atomic mass is 16.5. The minimum absolute atomic E-state index is 0.381. The molecule has 0 amide bonds. The van der Waals surface area contributed by atoms with Crippen molar-refractivity contribution in [2.45, 2.75) is 12.5 Å². The maximum absolute atomic E-state index is 6.03. The lowest BCUT2D eigenvalue weighted by Gasteiger charge is -2.20. The van der Waals surface area contributed by atoms with E-state index in [0.717, 1.165) is 45.0 Å². The van der Waals surface area contributed by atoms with E-state index >= 15 is 0 Å². The number of aromatic nitrogens is 1. The summed E-state index contributed by atoms with van der Waals surface area (Å²) in [6, 6.07) is 14.5. The van der Waals surface area contributed by atoms with Crippen LogP contribution in [0.4, 0.5) is 0 Å². The summed E-state index contributed by atoms with van der Waals surface area (Å²) in [5.74, 6) is 1.99. The molecule has 2 fully saturated rings. The van der Waals surface area contributed by atoms with Crippen LogP contribution in [-0.2, 0) is 11.2 Å². The Morgan fingerprint density at radius 1 is 1.08 bits per heavy atom. The van der Waals surface area contributed by atoms with Gasteiger partial charge >= 0.3 is 0 Å². The third-order valence-electron chi connectivity index (χ3n) is 5.19. The Morgan fingerprint density at radius 3 is 2.75 bits per heavy atom. The Labute approximate surface area is 143 Å². The van der Waals surface area contributed by atoms with Crippen LogP contribution in [-0.4, -0.2) is 48.8 Å². The Morgan fingerprint density at radius 2 is 1.92 bits per heavy atom. The zero-order valence-corrected chi connectivity index (χ0v) is 13.9. The van der Waals surface area contributed by atoms with Crippen LogP contribution in [0.1, 0.15) is 5.56 Å². The highest BCUT2D eigenvalue weighted by Crippen LogP contribution is 2.34. The zero-order valence-electron chi connectivity index (χ0n) is 13.9. The second-order valence-corrected chi connectivity index (χ2v) is 6.78. The van der Waals surface area contributed by atoms with Gasteiger partial charge in [0.05, 0.1) is 19.3 Å². The first kappa shape index (κ1) is 15.6. The van der Waals surface area contributed by atoms with E-state index in [1.165, 1.54) is 5.56 Å². The van der Waals surface area contributed by atoms with Gasteiger partial charge in [0.1, 0.15) is 5.75 Å². The molecule has 2 aliphatic heterocycles. The molecule has 1 aromatic heterocycles. The third-order valence-corrected chi connectivity index (χ3v) is 5.19. The smallest absolute Gasteiger partial charge is 0.122 e. The van der Waals surface area contributed by atoms with Gasteiger partial charge in [-0.15, -0.1) is 0 Å².